The van der Waals surface area contributed by atoms with Gasteiger partial charge in [-0.05, 0) is 39.0 Å². The average molecular weight is 211 g/mol. The van der Waals surface area contributed by atoms with Crippen molar-refractivity contribution in [1.82, 2.24) is 4.90 Å². The Hall–Kier alpha value is -0.730. The van der Waals surface area contributed by atoms with Crippen molar-refractivity contribution in [2.45, 2.75) is 52.5 Å². The van der Waals surface area contributed by atoms with E-state index < -0.39 is 0 Å². The monoisotopic (exact) mass is 211 g/mol. The average Bonchev–Trinajstić information content (AvgIpc) is 2.41. The lowest BCUT2D eigenvalue weighted by atomic mass is 9.98. The number of likely N-dealkylation sites (tertiary alicyclic amines) is 1. The Bertz CT molecular complexity index is 211. The number of guanidine groups is 1. The fourth-order valence-corrected chi connectivity index (χ4v) is 2.15. The highest BCUT2D eigenvalue weighted by Crippen LogP contribution is 2.19. The van der Waals surface area contributed by atoms with Gasteiger partial charge in [0.15, 0.2) is 5.96 Å². The number of nitrogens with two attached hydrogens (primary N) is 1. The minimum Gasteiger partial charge on any atom is -0.370 e. The van der Waals surface area contributed by atoms with Crippen molar-refractivity contribution in [2.75, 3.05) is 13.1 Å². The molecule has 0 aromatic heterocycles. The van der Waals surface area contributed by atoms with Crippen LogP contribution < -0.4 is 5.73 Å². The zero-order valence-electron chi connectivity index (χ0n) is 10.4. The van der Waals surface area contributed by atoms with Crippen LogP contribution in [0.25, 0.3) is 0 Å². The highest BCUT2D eigenvalue weighted by Gasteiger charge is 2.16. The summed E-state index contributed by atoms with van der Waals surface area (Å²) < 4.78 is 0. The van der Waals surface area contributed by atoms with Crippen LogP contribution in [-0.4, -0.2) is 30.0 Å². The van der Waals surface area contributed by atoms with Crippen LogP contribution in [0.1, 0.15) is 46.5 Å². The smallest absolute Gasteiger partial charge is 0.191 e. The Kier molecular flexibility index (Phi) is 4.92. The molecular weight excluding hydrogens is 186 g/mol. The molecule has 1 fully saturated rings. The van der Waals surface area contributed by atoms with Gasteiger partial charge in [0.05, 0.1) is 0 Å². The lowest BCUT2D eigenvalue weighted by Gasteiger charge is -2.22. The van der Waals surface area contributed by atoms with Crippen molar-refractivity contribution in [3.63, 3.8) is 0 Å². The predicted octanol–water partition coefficient (Wildman–Crippen LogP) is 2.22. The summed E-state index contributed by atoms with van der Waals surface area (Å²) in [6.07, 6.45) is 5.18. The second-order valence-corrected chi connectivity index (χ2v) is 4.77. The molecule has 0 aromatic rings. The van der Waals surface area contributed by atoms with E-state index in [9.17, 15) is 0 Å². The molecule has 0 amide bonds. The van der Waals surface area contributed by atoms with Crippen molar-refractivity contribution >= 4 is 5.96 Å². The SMILES string of the molecule is CCC1CCCN(C(N)=NC(C)C)CC1. The summed E-state index contributed by atoms with van der Waals surface area (Å²) in [5, 5.41) is 0. The third-order valence-electron chi connectivity index (χ3n) is 3.14. The minimum absolute atomic E-state index is 0.301. The molecule has 0 radical (unpaired) electrons. The van der Waals surface area contributed by atoms with Crippen molar-refractivity contribution < 1.29 is 0 Å². The second kappa shape index (κ2) is 5.99. The van der Waals surface area contributed by atoms with Crippen molar-refractivity contribution in [3.8, 4) is 0 Å². The molecule has 1 aliphatic heterocycles. The summed E-state index contributed by atoms with van der Waals surface area (Å²) in [6.45, 7) is 8.59. The Morgan fingerprint density at radius 2 is 2.13 bits per heavy atom. The van der Waals surface area contributed by atoms with Gasteiger partial charge in [-0.3, -0.25) is 4.99 Å². The molecule has 1 atom stereocenters. The third-order valence-corrected chi connectivity index (χ3v) is 3.14. The summed E-state index contributed by atoms with van der Waals surface area (Å²) in [7, 11) is 0. The molecule has 88 valence electrons. The van der Waals surface area contributed by atoms with Crippen LogP contribution in [0.4, 0.5) is 0 Å². The fraction of sp³-hybridized carbons (Fsp3) is 0.917. The molecule has 1 heterocycles. The van der Waals surface area contributed by atoms with Gasteiger partial charge in [0.2, 0.25) is 0 Å². The topological polar surface area (TPSA) is 41.6 Å². The standard InChI is InChI=1S/C12H25N3/c1-4-11-6-5-8-15(9-7-11)12(13)14-10(2)3/h10-11H,4-9H2,1-3H3,(H2,13,14). The molecule has 3 heteroatoms. The quantitative estimate of drug-likeness (QED) is 0.562. The Labute approximate surface area is 93.7 Å². The Morgan fingerprint density at radius 3 is 2.73 bits per heavy atom. The second-order valence-electron chi connectivity index (χ2n) is 4.77. The highest BCUT2D eigenvalue weighted by atomic mass is 15.3. The number of aliphatic imine (C=N–C) groups is 1. The summed E-state index contributed by atoms with van der Waals surface area (Å²) in [5.41, 5.74) is 5.98. The maximum absolute atomic E-state index is 5.98. The van der Waals surface area contributed by atoms with Crippen LogP contribution in [0.2, 0.25) is 0 Å². The van der Waals surface area contributed by atoms with Gasteiger partial charge in [0, 0.05) is 19.1 Å². The first-order valence-corrected chi connectivity index (χ1v) is 6.21. The van der Waals surface area contributed by atoms with Gasteiger partial charge in [0.25, 0.3) is 0 Å². The van der Waals surface area contributed by atoms with E-state index in [4.69, 9.17) is 5.73 Å². The first kappa shape index (κ1) is 12.3. The number of rotatable bonds is 2. The molecule has 0 spiro atoms. The molecule has 1 aliphatic rings. The van der Waals surface area contributed by atoms with E-state index in [1.165, 1.54) is 25.7 Å². The molecular formula is C12H25N3. The van der Waals surface area contributed by atoms with Gasteiger partial charge in [-0.25, -0.2) is 0 Å². The summed E-state index contributed by atoms with van der Waals surface area (Å²) >= 11 is 0. The van der Waals surface area contributed by atoms with Crippen LogP contribution in [0.15, 0.2) is 4.99 Å². The van der Waals surface area contributed by atoms with E-state index in [0.29, 0.717) is 6.04 Å². The van der Waals surface area contributed by atoms with E-state index in [1.54, 1.807) is 0 Å². The van der Waals surface area contributed by atoms with Crippen LogP contribution in [-0.2, 0) is 0 Å². The van der Waals surface area contributed by atoms with Gasteiger partial charge in [-0.2, -0.15) is 0 Å². The van der Waals surface area contributed by atoms with Gasteiger partial charge < -0.3 is 10.6 Å². The van der Waals surface area contributed by atoms with Crippen LogP contribution in [0, 0.1) is 5.92 Å². The molecule has 0 bridgehead atoms. The molecule has 0 aromatic carbocycles. The van der Waals surface area contributed by atoms with Gasteiger partial charge in [0.1, 0.15) is 0 Å². The van der Waals surface area contributed by atoms with Crippen molar-refractivity contribution in [3.05, 3.63) is 0 Å². The molecule has 1 rings (SSSR count). The number of hydrogen-bond donors (Lipinski definition) is 1. The van der Waals surface area contributed by atoms with Crippen LogP contribution in [0.3, 0.4) is 0 Å². The highest BCUT2D eigenvalue weighted by molar-refractivity contribution is 5.78. The van der Waals surface area contributed by atoms with Gasteiger partial charge >= 0.3 is 0 Å². The van der Waals surface area contributed by atoms with E-state index >= 15 is 0 Å². The zero-order valence-corrected chi connectivity index (χ0v) is 10.4. The van der Waals surface area contributed by atoms with E-state index in [1.807, 2.05) is 0 Å². The van der Waals surface area contributed by atoms with Gasteiger partial charge in [-0.1, -0.05) is 13.3 Å². The molecule has 3 nitrogen and oxygen atoms in total. The van der Waals surface area contributed by atoms with Crippen LogP contribution in [0.5, 0.6) is 0 Å². The Morgan fingerprint density at radius 1 is 1.40 bits per heavy atom. The third kappa shape index (κ3) is 4.10. The fourth-order valence-electron chi connectivity index (χ4n) is 2.15. The molecule has 1 unspecified atom stereocenters. The zero-order chi connectivity index (χ0) is 11.3. The normalized spacial score (nSPS) is 24.4. The van der Waals surface area contributed by atoms with E-state index in [2.05, 4.69) is 30.7 Å². The minimum atomic E-state index is 0.301. The Balaban J connectivity index is 2.50. The molecule has 0 aliphatic carbocycles. The number of nitrogens with zero attached hydrogens (tertiary/aromatic N) is 2. The lowest BCUT2D eigenvalue weighted by molar-refractivity contribution is 0.406. The first-order valence-electron chi connectivity index (χ1n) is 6.21. The summed E-state index contributed by atoms with van der Waals surface area (Å²) in [6, 6.07) is 0.301. The van der Waals surface area contributed by atoms with Gasteiger partial charge in [-0.15, -0.1) is 0 Å². The molecule has 0 saturated carbocycles. The molecule has 15 heavy (non-hydrogen) atoms. The molecule has 1 saturated heterocycles. The molecule has 2 N–H and O–H groups in total. The van der Waals surface area contributed by atoms with Crippen molar-refractivity contribution in [1.29, 1.82) is 0 Å². The largest absolute Gasteiger partial charge is 0.370 e. The predicted molar refractivity (Wildman–Crippen MR) is 66.0 cm³/mol. The van der Waals surface area contributed by atoms with Crippen molar-refractivity contribution in [2.24, 2.45) is 16.6 Å². The maximum atomic E-state index is 5.98. The van der Waals surface area contributed by atoms with E-state index in [-0.39, 0.29) is 0 Å². The summed E-state index contributed by atoms with van der Waals surface area (Å²) in [4.78, 5) is 6.66. The van der Waals surface area contributed by atoms with Crippen LogP contribution >= 0.6 is 0 Å². The summed E-state index contributed by atoms with van der Waals surface area (Å²) in [5.74, 6) is 1.63. The lowest BCUT2D eigenvalue weighted by Crippen LogP contribution is -2.38. The maximum Gasteiger partial charge on any atom is 0.191 e. The van der Waals surface area contributed by atoms with E-state index in [0.717, 1.165) is 25.0 Å². The first-order chi connectivity index (χ1) is 7.13. The number of hydrogen-bond acceptors (Lipinski definition) is 1.